The number of fused-ring (bicyclic) bond motifs is 2. The van der Waals surface area contributed by atoms with Gasteiger partial charge in [0.2, 0.25) is 5.91 Å². The van der Waals surface area contributed by atoms with Crippen LogP contribution in [-0.4, -0.2) is 73.6 Å². The van der Waals surface area contributed by atoms with Crippen LogP contribution in [0, 0.1) is 17.7 Å². The molecule has 0 spiro atoms. The van der Waals surface area contributed by atoms with E-state index in [2.05, 4.69) is 27.0 Å². The second-order valence-electron chi connectivity index (χ2n) is 9.29. The monoisotopic (exact) mass is 464 g/mol. The van der Waals surface area contributed by atoms with Gasteiger partial charge in [-0.15, -0.1) is 0 Å². The highest BCUT2D eigenvalue weighted by Crippen LogP contribution is 2.44. The lowest BCUT2D eigenvalue weighted by atomic mass is 9.99. The lowest BCUT2D eigenvalue weighted by Crippen LogP contribution is -2.35. The van der Waals surface area contributed by atoms with E-state index < -0.39 is 0 Å². The Morgan fingerprint density at radius 2 is 2.00 bits per heavy atom. The summed E-state index contributed by atoms with van der Waals surface area (Å²) in [5.74, 6) is 1.85. The number of likely N-dealkylation sites (tertiary alicyclic amines) is 1. The van der Waals surface area contributed by atoms with Gasteiger partial charge in [0.05, 0.1) is 27.0 Å². The van der Waals surface area contributed by atoms with Crippen molar-refractivity contribution in [3.8, 4) is 22.6 Å². The summed E-state index contributed by atoms with van der Waals surface area (Å²) in [6.07, 6.45) is 4.93. The molecule has 2 aliphatic rings. The Morgan fingerprint density at radius 3 is 2.71 bits per heavy atom. The fraction of sp³-hybridized carbons (Fsp3) is 0.385. The summed E-state index contributed by atoms with van der Waals surface area (Å²) < 4.78 is 25.3. The standard InChI is InChI=1S/C26H29FN4O3/c1-30(2)24(32)14-31-12-16-7-15(8-17(16)13-31)21-10-20-25(23(34-4)11-28-26(20)29-21)19-9-18(27)5-6-22(19)33-3/h5-7,9-11,16-17H,8,12-14H2,1-4H3,(H,28,29). The number of carbonyl (C=O) groups excluding carboxylic acids is 1. The predicted molar refractivity (Wildman–Crippen MR) is 129 cm³/mol. The number of pyridine rings is 1. The molecule has 0 radical (unpaired) electrons. The molecule has 34 heavy (non-hydrogen) atoms. The first kappa shape index (κ1) is 22.4. The second kappa shape index (κ2) is 8.76. The van der Waals surface area contributed by atoms with Crippen LogP contribution in [0.25, 0.3) is 27.7 Å². The van der Waals surface area contributed by atoms with Crippen molar-refractivity contribution in [1.29, 1.82) is 0 Å². The SMILES string of the molecule is COc1ccc(F)cc1-c1c(OC)cnc2[nH]c(C3=CC4CN(CC(=O)N(C)C)CC4C3)cc12. The molecule has 1 saturated heterocycles. The summed E-state index contributed by atoms with van der Waals surface area (Å²) in [5, 5.41) is 0.856. The summed E-state index contributed by atoms with van der Waals surface area (Å²) in [4.78, 5) is 24.0. The zero-order valence-corrected chi connectivity index (χ0v) is 19.9. The molecule has 5 rings (SSSR count). The zero-order valence-electron chi connectivity index (χ0n) is 19.9. The van der Waals surface area contributed by atoms with Gasteiger partial charge < -0.3 is 19.4 Å². The smallest absolute Gasteiger partial charge is 0.236 e. The number of rotatable bonds is 6. The molecule has 1 fully saturated rings. The minimum absolute atomic E-state index is 0.139. The molecule has 1 aliphatic heterocycles. The minimum Gasteiger partial charge on any atom is -0.496 e. The highest BCUT2D eigenvalue weighted by Gasteiger charge is 2.37. The van der Waals surface area contributed by atoms with Gasteiger partial charge in [-0.25, -0.2) is 9.37 Å². The molecule has 2 atom stereocenters. The van der Waals surface area contributed by atoms with Crippen LogP contribution >= 0.6 is 0 Å². The van der Waals surface area contributed by atoms with Crippen LogP contribution in [0.1, 0.15) is 12.1 Å². The van der Waals surface area contributed by atoms with Gasteiger partial charge in [-0.1, -0.05) is 6.08 Å². The van der Waals surface area contributed by atoms with Gasteiger partial charge >= 0.3 is 0 Å². The van der Waals surface area contributed by atoms with E-state index in [9.17, 15) is 9.18 Å². The molecule has 8 heteroatoms. The summed E-state index contributed by atoms with van der Waals surface area (Å²) in [5.41, 5.74) is 4.35. The normalized spacial score (nSPS) is 19.9. The van der Waals surface area contributed by atoms with Crippen molar-refractivity contribution in [3.05, 3.63) is 48.0 Å². The molecule has 0 bridgehead atoms. The van der Waals surface area contributed by atoms with Gasteiger partial charge in [0.1, 0.15) is 23.0 Å². The number of nitrogens with one attached hydrogen (secondary N) is 1. The average molecular weight is 465 g/mol. The maximum Gasteiger partial charge on any atom is 0.236 e. The Kier molecular flexibility index (Phi) is 5.77. The van der Waals surface area contributed by atoms with Gasteiger partial charge in [0.15, 0.2) is 0 Å². The number of H-pyrrole nitrogens is 1. The summed E-state index contributed by atoms with van der Waals surface area (Å²) in [6, 6.07) is 6.54. The lowest BCUT2D eigenvalue weighted by molar-refractivity contribution is -0.129. The molecule has 0 saturated carbocycles. The molecular formula is C26H29FN4O3. The van der Waals surface area contributed by atoms with Crippen molar-refractivity contribution in [2.45, 2.75) is 6.42 Å². The van der Waals surface area contributed by atoms with E-state index in [0.717, 1.165) is 36.2 Å². The Balaban J connectivity index is 1.48. The molecule has 3 aromatic rings. The van der Waals surface area contributed by atoms with E-state index >= 15 is 0 Å². The van der Waals surface area contributed by atoms with E-state index in [4.69, 9.17) is 9.47 Å². The van der Waals surface area contributed by atoms with Crippen LogP contribution in [0.5, 0.6) is 11.5 Å². The van der Waals surface area contributed by atoms with E-state index in [1.54, 1.807) is 45.5 Å². The number of carbonyl (C=O) groups is 1. The number of amides is 1. The fourth-order valence-corrected chi connectivity index (χ4v) is 5.20. The fourth-order valence-electron chi connectivity index (χ4n) is 5.20. The minimum atomic E-state index is -0.345. The largest absolute Gasteiger partial charge is 0.496 e. The van der Waals surface area contributed by atoms with Crippen LogP contribution in [-0.2, 0) is 4.79 Å². The first-order valence-corrected chi connectivity index (χ1v) is 11.4. The Labute approximate surface area is 198 Å². The van der Waals surface area contributed by atoms with Crippen LogP contribution < -0.4 is 9.47 Å². The van der Waals surface area contributed by atoms with Crippen molar-refractivity contribution in [3.63, 3.8) is 0 Å². The van der Waals surface area contributed by atoms with Gasteiger partial charge in [-0.2, -0.15) is 0 Å². The van der Waals surface area contributed by atoms with Crippen LogP contribution in [0.3, 0.4) is 0 Å². The third-order valence-corrected chi connectivity index (χ3v) is 6.94. The lowest BCUT2D eigenvalue weighted by Gasteiger charge is -2.18. The number of nitrogens with zero attached hydrogens (tertiary/aromatic N) is 3. The number of aromatic nitrogens is 2. The molecule has 7 nitrogen and oxygen atoms in total. The molecule has 1 aromatic carbocycles. The van der Waals surface area contributed by atoms with E-state index in [-0.39, 0.29) is 11.7 Å². The average Bonchev–Trinajstić information content (AvgIpc) is 3.50. The van der Waals surface area contributed by atoms with Crippen LogP contribution in [0.4, 0.5) is 4.39 Å². The summed E-state index contributed by atoms with van der Waals surface area (Å²) >= 11 is 0. The molecule has 1 amide bonds. The highest BCUT2D eigenvalue weighted by molar-refractivity contribution is 5.99. The summed E-state index contributed by atoms with van der Waals surface area (Å²) in [7, 11) is 6.74. The van der Waals surface area contributed by atoms with Gasteiger partial charge in [0.25, 0.3) is 0 Å². The Hall–Kier alpha value is -3.39. The van der Waals surface area contributed by atoms with E-state index in [1.165, 1.54) is 17.7 Å². The van der Waals surface area contributed by atoms with Crippen molar-refractivity contribution in [1.82, 2.24) is 19.8 Å². The maximum atomic E-state index is 14.2. The van der Waals surface area contributed by atoms with E-state index in [1.807, 2.05) is 0 Å². The Morgan fingerprint density at radius 1 is 1.21 bits per heavy atom. The first-order valence-electron chi connectivity index (χ1n) is 11.4. The number of hydrogen-bond donors (Lipinski definition) is 1. The molecule has 1 aliphatic carbocycles. The molecule has 178 valence electrons. The third-order valence-electron chi connectivity index (χ3n) is 6.94. The zero-order chi connectivity index (χ0) is 24.0. The number of allylic oxidation sites excluding steroid dienone is 1. The first-order chi connectivity index (χ1) is 16.4. The quantitative estimate of drug-likeness (QED) is 0.601. The molecule has 1 N–H and O–H groups in total. The number of aromatic amines is 1. The number of hydrogen-bond acceptors (Lipinski definition) is 5. The van der Waals surface area contributed by atoms with Crippen molar-refractivity contribution >= 4 is 22.5 Å². The second-order valence-corrected chi connectivity index (χ2v) is 9.29. The molecule has 2 aromatic heterocycles. The predicted octanol–water partition coefficient (Wildman–Crippen LogP) is 3.81. The van der Waals surface area contributed by atoms with Gasteiger partial charge in [0, 0.05) is 49.4 Å². The number of likely N-dealkylation sites (N-methyl/N-ethyl adjacent to an activating group) is 1. The van der Waals surface area contributed by atoms with Crippen molar-refractivity contribution in [2.24, 2.45) is 11.8 Å². The molecule has 2 unspecified atom stereocenters. The number of methoxy groups -OCH3 is 2. The molecular weight excluding hydrogens is 435 g/mol. The summed E-state index contributed by atoms with van der Waals surface area (Å²) in [6.45, 7) is 2.28. The Bertz CT molecular complexity index is 1280. The van der Waals surface area contributed by atoms with Gasteiger partial charge in [-0.3, -0.25) is 9.69 Å². The van der Waals surface area contributed by atoms with Gasteiger partial charge in [-0.05, 0) is 48.1 Å². The van der Waals surface area contributed by atoms with E-state index in [0.29, 0.717) is 41.1 Å². The number of halogens is 1. The maximum absolute atomic E-state index is 14.2. The van der Waals surface area contributed by atoms with Crippen LogP contribution in [0.2, 0.25) is 0 Å². The van der Waals surface area contributed by atoms with Crippen molar-refractivity contribution in [2.75, 3.05) is 47.9 Å². The highest BCUT2D eigenvalue weighted by atomic mass is 19.1. The number of benzene rings is 1. The van der Waals surface area contributed by atoms with Crippen LogP contribution in [0.15, 0.2) is 36.5 Å². The number of ether oxygens (including phenoxy) is 2. The van der Waals surface area contributed by atoms with Crippen molar-refractivity contribution < 1.29 is 18.7 Å². The third kappa shape index (κ3) is 3.92. The molecule has 3 heterocycles. The topological polar surface area (TPSA) is 70.7 Å².